The molecule has 0 atom stereocenters. The van der Waals surface area contributed by atoms with Crippen molar-refractivity contribution in [3.8, 4) is 0 Å². The molecule has 1 aliphatic carbocycles. The van der Waals surface area contributed by atoms with E-state index in [9.17, 15) is 4.39 Å². The number of hydrogen-bond donors (Lipinski definition) is 2. The summed E-state index contributed by atoms with van der Waals surface area (Å²) in [5.74, 6) is 5.32. The van der Waals surface area contributed by atoms with Crippen LogP contribution in [0.15, 0.2) is 0 Å². The first-order valence-electron chi connectivity index (χ1n) is 6.19. The number of nitrogens with two attached hydrogens (primary N) is 1. The summed E-state index contributed by atoms with van der Waals surface area (Å²) in [6, 6.07) is 0. The molecule has 18 heavy (non-hydrogen) atoms. The van der Waals surface area contributed by atoms with E-state index in [2.05, 4.69) is 15.4 Å². The molecular weight excluding hydrogens is 235 g/mol. The fourth-order valence-electron chi connectivity index (χ4n) is 2.50. The minimum Gasteiger partial charge on any atom is -0.370 e. The van der Waals surface area contributed by atoms with E-state index in [1.54, 1.807) is 14.0 Å². The van der Waals surface area contributed by atoms with Gasteiger partial charge in [-0.15, -0.1) is 0 Å². The molecular formula is C12H19FN4O. The molecule has 6 heteroatoms. The Balaban J connectivity index is 2.45. The number of aromatic nitrogens is 2. The molecule has 1 aromatic heterocycles. The summed E-state index contributed by atoms with van der Waals surface area (Å²) in [7, 11) is 1.66. The second-order valence-electron chi connectivity index (χ2n) is 4.70. The van der Waals surface area contributed by atoms with E-state index < -0.39 is 11.4 Å². The molecule has 1 aliphatic rings. The Morgan fingerprint density at radius 3 is 2.50 bits per heavy atom. The highest BCUT2D eigenvalue weighted by molar-refractivity contribution is 5.37. The number of anilines is 1. The second kappa shape index (κ2) is 5.16. The first-order chi connectivity index (χ1) is 8.63. The molecule has 0 amide bonds. The number of nitrogen functional groups attached to an aromatic ring is 1. The molecule has 0 radical (unpaired) electrons. The van der Waals surface area contributed by atoms with Gasteiger partial charge in [0.05, 0.1) is 5.69 Å². The number of aryl methyl sites for hydroxylation is 1. The van der Waals surface area contributed by atoms with E-state index in [0.717, 1.165) is 25.7 Å². The predicted molar refractivity (Wildman–Crippen MR) is 66.3 cm³/mol. The molecule has 0 aliphatic heterocycles. The van der Waals surface area contributed by atoms with E-state index in [-0.39, 0.29) is 11.5 Å². The zero-order chi connectivity index (χ0) is 13.2. The number of hydrogen-bond acceptors (Lipinski definition) is 5. The highest BCUT2D eigenvalue weighted by Crippen LogP contribution is 2.38. The summed E-state index contributed by atoms with van der Waals surface area (Å²) in [5, 5.41) is 0. The lowest BCUT2D eigenvalue weighted by Crippen LogP contribution is -2.34. The molecule has 0 unspecified atom stereocenters. The number of nitrogens with one attached hydrogen (secondary N) is 1. The van der Waals surface area contributed by atoms with Crippen molar-refractivity contribution in [3.63, 3.8) is 0 Å². The van der Waals surface area contributed by atoms with Gasteiger partial charge in [0, 0.05) is 7.11 Å². The van der Waals surface area contributed by atoms with Gasteiger partial charge in [0.1, 0.15) is 5.60 Å². The van der Waals surface area contributed by atoms with Gasteiger partial charge in [-0.05, 0) is 19.8 Å². The Bertz CT molecular complexity index is 432. The van der Waals surface area contributed by atoms with Crippen LogP contribution in [0.4, 0.5) is 10.2 Å². The van der Waals surface area contributed by atoms with Crippen LogP contribution in [0.1, 0.15) is 43.6 Å². The summed E-state index contributed by atoms with van der Waals surface area (Å²) < 4.78 is 19.3. The number of ether oxygens (including phenoxy) is 1. The normalized spacial score (nSPS) is 18.7. The Labute approximate surface area is 106 Å². The van der Waals surface area contributed by atoms with Crippen molar-refractivity contribution in [2.24, 2.45) is 5.84 Å². The summed E-state index contributed by atoms with van der Waals surface area (Å²) in [5.41, 5.74) is 2.06. The smallest absolute Gasteiger partial charge is 0.187 e. The zero-order valence-electron chi connectivity index (χ0n) is 10.8. The van der Waals surface area contributed by atoms with Crippen molar-refractivity contribution >= 4 is 5.82 Å². The van der Waals surface area contributed by atoms with Gasteiger partial charge in [0.15, 0.2) is 17.5 Å². The molecule has 1 aromatic rings. The molecule has 100 valence electrons. The molecule has 0 spiro atoms. The molecule has 1 fully saturated rings. The molecule has 0 aromatic carbocycles. The standard InChI is InChI=1S/C12H19FN4O/c1-8-9(13)10(17-14)16-11(15-8)12(18-2)6-4-3-5-7-12/h3-7,14H2,1-2H3,(H,15,16,17). The summed E-state index contributed by atoms with van der Waals surface area (Å²) in [4.78, 5) is 8.41. The van der Waals surface area contributed by atoms with Gasteiger partial charge < -0.3 is 10.2 Å². The van der Waals surface area contributed by atoms with E-state index in [4.69, 9.17) is 10.6 Å². The number of rotatable bonds is 3. The number of nitrogens with zero attached hydrogens (tertiary/aromatic N) is 2. The maximum atomic E-state index is 13.7. The van der Waals surface area contributed by atoms with E-state index in [1.165, 1.54) is 6.42 Å². The van der Waals surface area contributed by atoms with Crippen molar-refractivity contribution in [1.29, 1.82) is 0 Å². The van der Waals surface area contributed by atoms with Crippen molar-refractivity contribution in [2.75, 3.05) is 12.5 Å². The fraction of sp³-hybridized carbons (Fsp3) is 0.667. The van der Waals surface area contributed by atoms with Crippen LogP contribution in [0.3, 0.4) is 0 Å². The van der Waals surface area contributed by atoms with Gasteiger partial charge >= 0.3 is 0 Å². The van der Waals surface area contributed by atoms with Crippen LogP contribution in [0.25, 0.3) is 0 Å². The molecule has 1 saturated carbocycles. The van der Waals surface area contributed by atoms with Crippen LogP contribution in [0.2, 0.25) is 0 Å². The predicted octanol–water partition coefficient (Wildman–Crippen LogP) is 2.02. The quantitative estimate of drug-likeness (QED) is 0.637. The highest BCUT2D eigenvalue weighted by atomic mass is 19.1. The zero-order valence-corrected chi connectivity index (χ0v) is 10.8. The lowest BCUT2D eigenvalue weighted by atomic mass is 9.84. The largest absolute Gasteiger partial charge is 0.370 e. The Hall–Kier alpha value is -1.27. The molecule has 0 bridgehead atoms. The van der Waals surface area contributed by atoms with E-state index >= 15 is 0 Å². The molecule has 2 rings (SSSR count). The Kier molecular flexibility index (Phi) is 3.77. The summed E-state index contributed by atoms with van der Waals surface area (Å²) in [6.45, 7) is 1.60. The molecule has 5 nitrogen and oxygen atoms in total. The fourth-order valence-corrected chi connectivity index (χ4v) is 2.50. The maximum Gasteiger partial charge on any atom is 0.187 e. The van der Waals surface area contributed by atoms with Gasteiger partial charge in [-0.2, -0.15) is 0 Å². The maximum absolute atomic E-state index is 13.7. The van der Waals surface area contributed by atoms with Gasteiger partial charge in [-0.1, -0.05) is 19.3 Å². The SMILES string of the molecule is COC1(c2nc(C)c(F)c(NN)n2)CCCCC1. The third-order valence-electron chi connectivity index (χ3n) is 3.61. The van der Waals surface area contributed by atoms with Crippen molar-refractivity contribution in [3.05, 3.63) is 17.3 Å². The highest BCUT2D eigenvalue weighted by Gasteiger charge is 2.37. The van der Waals surface area contributed by atoms with Gasteiger partial charge in [-0.3, -0.25) is 0 Å². The monoisotopic (exact) mass is 254 g/mol. The number of halogens is 1. The molecule has 0 saturated heterocycles. The third-order valence-corrected chi connectivity index (χ3v) is 3.61. The van der Waals surface area contributed by atoms with Gasteiger partial charge in [0.25, 0.3) is 0 Å². The van der Waals surface area contributed by atoms with Crippen LogP contribution in [0, 0.1) is 12.7 Å². The topological polar surface area (TPSA) is 73.1 Å². The first-order valence-corrected chi connectivity index (χ1v) is 6.19. The third kappa shape index (κ3) is 2.18. The van der Waals surface area contributed by atoms with Crippen molar-refractivity contribution in [1.82, 2.24) is 9.97 Å². The van der Waals surface area contributed by atoms with E-state index in [0.29, 0.717) is 5.82 Å². The van der Waals surface area contributed by atoms with Crippen LogP contribution < -0.4 is 11.3 Å². The van der Waals surface area contributed by atoms with Crippen LogP contribution in [0.5, 0.6) is 0 Å². The number of hydrazine groups is 1. The average molecular weight is 254 g/mol. The minimum absolute atomic E-state index is 0.0273. The lowest BCUT2D eigenvalue weighted by Gasteiger charge is -2.34. The Morgan fingerprint density at radius 1 is 1.28 bits per heavy atom. The summed E-state index contributed by atoms with van der Waals surface area (Å²) in [6.07, 6.45) is 5.04. The van der Waals surface area contributed by atoms with E-state index in [1.807, 2.05) is 0 Å². The molecule has 3 N–H and O–H groups in total. The van der Waals surface area contributed by atoms with Crippen LogP contribution in [-0.2, 0) is 10.3 Å². The molecule has 1 heterocycles. The lowest BCUT2D eigenvalue weighted by molar-refractivity contribution is -0.0516. The summed E-state index contributed by atoms with van der Waals surface area (Å²) >= 11 is 0. The van der Waals surface area contributed by atoms with Crippen LogP contribution >= 0.6 is 0 Å². The number of methoxy groups -OCH3 is 1. The first kappa shape index (κ1) is 13.2. The average Bonchev–Trinajstić information content (AvgIpc) is 2.42. The van der Waals surface area contributed by atoms with Crippen molar-refractivity contribution in [2.45, 2.75) is 44.6 Å². The second-order valence-corrected chi connectivity index (χ2v) is 4.70. The van der Waals surface area contributed by atoms with Crippen LogP contribution in [-0.4, -0.2) is 17.1 Å². The van der Waals surface area contributed by atoms with Gasteiger partial charge in [-0.25, -0.2) is 20.2 Å². The van der Waals surface area contributed by atoms with Gasteiger partial charge in [0.2, 0.25) is 0 Å². The van der Waals surface area contributed by atoms with Crippen molar-refractivity contribution < 1.29 is 9.13 Å². The Morgan fingerprint density at radius 2 is 1.94 bits per heavy atom. The minimum atomic E-state index is -0.511.